The molecule has 8 rings (SSSR count). The summed E-state index contributed by atoms with van der Waals surface area (Å²) in [6.45, 7) is 3.49. The van der Waals surface area contributed by atoms with E-state index in [1.807, 2.05) is 30.3 Å². The van der Waals surface area contributed by atoms with E-state index in [1.54, 1.807) is 50.2 Å². The van der Waals surface area contributed by atoms with Crippen molar-refractivity contribution in [1.82, 2.24) is 9.88 Å². The summed E-state index contributed by atoms with van der Waals surface area (Å²) >= 11 is 14.5. The van der Waals surface area contributed by atoms with Crippen LogP contribution in [0.2, 0.25) is 0 Å². The van der Waals surface area contributed by atoms with E-state index >= 15 is 0 Å². The number of alkyl halides is 2. The van der Waals surface area contributed by atoms with Crippen LogP contribution in [0.1, 0.15) is 35.4 Å². The Balaban J connectivity index is 1.19. The predicted molar refractivity (Wildman–Crippen MR) is 175 cm³/mol. The lowest BCUT2D eigenvalue weighted by Gasteiger charge is -2.51. The molecule has 3 fully saturated rings. The van der Waals surface area contributed by atoms with Crippen LogP contribution in [0.25, 0.3) is 22.6 Å². The van der Waals surface area contributed by atoms with Crippen molar-refractivity contribution in [3.63, 3.8) is 0 Å². The number of halogens is 2. The van der Waals surface area contributed by atoms with Gasteiger partial charge in [0.2, 0.25) is 17.7 Å². The van der Waals surface area contributed by atoms with Gasteiger partial charge in [-0.05, 0) is 85.7 Å². The first-order valence-corrected chi connectivity index (χ1v) is 16.2. The normalized spacial score (nSPS) is 30.1. The highest BCUT2D eigenvalue weighted by atomic mass is 35.5. The molecule has 3 heterocycles. The van der Waals surface area contributed by atoms with Gasteiger partial charge in [0.15, 0.2) is 15.3 Å². The molecule has 11 heteroatoms. The summed E-state index contributed by atoms with van der Waals surface area (Å²) in [6, 6.07) is 17.8. The van der Waals surface area contributed by atoms with E-state index < -0.39 is 51.1 Å². The van der Waals surface area contributed by atoms with Gasteiger partial charge in [0, 0.05) is 18.5 Å². The number of phenols is 1. The molecule has 4 aliphatic rings. The Morgan fingerprint density at radius 2 is 1.60 bits per heavy atom. The molecular formula is C36H29Cl2N3O6. The molecule has 47 heavy (non-hydrogen) atoms. The van der Waals surface area contributed by atoms with Crippen molar-refractivity contribution < 1.29 is 28.7 Å². The van der Waals surface area contributed by atoms with Crippen LogP contribution in [0.5, 0.6) is 5.75 Å². The van der Waals surface area contributed by atoms with Crippen LogP contribution in [-0.4, -0.2) is 55.4 Å². The van der Waals surface area contributed by atoms with Crippen LogP contribution in [0.3, 0.4) is 0 Å². The summed E-state index contributed by atoms with van der Waals surface area (Å²) in [5.41, 5.74) is 4.92. The maximum absolute atomic E-state index is 14.3. The Bertz CT molecular complexity index is 2050. The number of hydrogen-bond acceptors (Lipinski definition) is 7. The SMILES string of the molecule is Cc1cc(C2C3=CCC4C(=O)N(c5ccc(-c6nc7ccccc7o6)cc5)C(=O)C4C3CC3(Cl)C(=O)N(C)C(=O)C23Cl)cc(C)c1O. The highest BCUT2D eigenvalue weighted by Crippen LogP contribution is 2.65. The molecule has 0 bridgehead atoms. The molecule has 1 saturated carbocycles. The lowest BCUT2D eigenvalue weighted by Crippen LogP contribution is -2.60. The van der Waals surface area contributed by atoms with E-state index in [-0.39, 0.29) is 24.5 Å². The van der Waals surface area contributed by atoms with Gasteiger partial charge in [-0.25, -0.2) is 4.98 Å². The van der Waals surface area contributed by atoms with Crippen LogP contribution in [0, 0.1) is 31.6 Å². The summed E-state index contributed by atoms with van der Waals surface area (Å²) in [5.74, 6) is -4.47. The molecule has 238 valence electrons. The Morgan fingerprint density at radius 1 is 0.915 bits per heavy atom. The van der Waals surface area contributed by atoms with Crippen LogP contribution in [0.15, 0.2) is 76.7 Å². The highest BCUT2D eigenvalue weighted by Gasteiger charge is 2.75. The van der Waals surface area contributed by atoms with Crippen molar-refractivity contribution in [2.24, 2.45) is 17.8 Å². The molecule has 0 spiro atoms. The van der Waals surface area contributed by atoms with Crippen LogP contribution >= 0.6 is 23.2 Å². The van der Waals surface area contributed by atoms with Gasteiger partial charge in [0.1, 0.15) is 11.3 Å². The Morgan fingerprint density at radius 3 is 2.28 bits per heavy atom. The Hall–Kier alpha value is -4.47. The number of likely N-dealkylation sites (tertiary alicyclic amines) is 1. The molecular weight excluding hydrogens is 641 g/mol. The topological polar surface area (TPSA) is 121 Å². The number of oxazole rings is 1. The third kappa shape index (κ3) is 3.87. The molecule has 1 aromatic heterocycles. The second-order valence-electron chi connectivity index (χ2n) is 13.0. The molecule has 6 unspecified atom stereocenters. The number of anilines is 1. The number of amides is 4. The molecule has 4 amide bonds. The zero-order valence-electron chi connectivity index (χ0n) is 25.7. The van der Waals surface area contributed by atoms with Crippen molar-refractivity contribution in [3.05, 3.63) is 89.0 Å². The number of hydrogen-bond donors (Lipinski definition) is 1. The minimum absolute atomic E-state index is 0.0873. The van der Waals surface area contributed by atoms with Crippen molar-refractivity contribution in [2.75, 3.05) is 11.9 Å². The van der Waals surface area contributed by atoms with Crippen LogP contribution in [0.4, 0.5) is 5.69 Å². The third-order valence-corrected chi connectivity index (χ3v) is 11.9. The number of allylic oxidation sites excluding steroid dienone is 2. The average Bonchev–Trinajstić information content (AvgIpc) is 3.64. The molecule has 2 aliphatic heterocycles. The number of aromatic nitrogens is 1. The van der Waals surface area contributed by atoms with Crippen molar-refractivity contribution >= 4 is 63.6 Å². The quantitative estimate of drug-likeness (QED) is 0.161. The minimum atomic E-state index is -1.88. The predicted octanol–water partition coefficient (Wildman–Crippen LogP) is 6.01. The van der Waals surface area contributed by atoms with Gasteiger partial charge in [-0.1, -0.05) is 35.9 Å². The summed E-state index contributed by atoms with van der Waals surface area (Å²) in [5, 5.41) is 10.5. The summed E-state index contributed by atoms with van der Waals surface area (Å²) in [7, 11) is 1.36. The number of carbonyl (C=O) groups excluding carboxylic acids is 4. The van der Waals surface area contributed by atoms with E-state index in [9.17, 15) is 24.3 Å². The minimum Gasteiger partial charge on any atom is -0.507 e. The first-order valence-electron chi connectivity index (χ1n) is 15.4. The van der Waals surface area contributed by atoms with Crippen molar-refractivity contribution in [3.8, 4) is 17.2 Å². The lowest BCUT2D eigenvalue weighted by molar-refractivity contribution is -0.138. The fourth-order valence-electron chi connectivity index (χ4n) is 8.28. The molecule has 2 saturated heterocycles. The van der Waals surface area contributed by atoms with E-state index in [2.05, 4.69) is 4.98 Å². The maximum atomic E-state index is 14.3. The van der Waals surface area contributed by atoms with Gasteiger partial charge in [-0.2, -0.15) is 0 Å². The standard InChI is InChI=1S/C36H29Cl2N3O6/c1-17-14-20(15-18(2)29(17)42)28-22-12-13-23-27(24(22)16-35(37)33(45)40(3)34(46)36(28,35)38)32(44)41(31(23)43)21-10-8-19(9-11-21)30-39-25-6-4-5-7-26(25)47-30/h4-12,14-15,23-24,27-28,42H,13,16H2,1-3H3. The second-order valence-corrected chi connectivity index (χ2v) is 14.3. The number of fused-ring (bicyclic) bond motifs is 5. The second kappa shape index (κ2) is 10.0. The van der Waals surface area contributed by atoms with Gasteiger partial charge >= 0.3 is 0 Å². The zero-order chi connectivity index (χ0) is 33.2. The third-order valence-electron chi connectivity index (χ3n) is 10.5. The number of aryl methyl sites for hydroxylation is 2. The fourth-order valence-corrected chi connectivity index (χ4v) is 9.30. The number of phenolic OH excluding ortho intramolecular Hbond substituents is 1. The molecule has 0 radical (unpaired) electrons. The molecule has 6 atom stereocenters. The van der Waals surface area contributed by atoms with Gasteiger partial charge < -0.3 is 9.52 Å². The van der Waals surface area contributed by atoms with Crippen molar-refractivity contribution in [2.45, 2.75) is 42.4 Å². The van der Waals surface area contributed by atoms with Crippen LogP contribution in [-0.2, 0) is 19.2 Å². The van der Waals surface area contributed by atoms with Crippen LogP contribution < -0.4 is 4.90 Å². The zero-order valence-corrected chi connectivity index (χ0v) is 27.2. The molecule has 2 aliphatic carbocycles. The number of imide groups is 2. The molecule has 3 aromatic carbocycles. The van der Waals surface area contributed by atoms with E-state index in [0.29, 0.717) is 45.0 Å². The number of nitrogens with zero attached hydrogens (tertiary/aromatic N) is 3. The fraction of sp³-hybridized carbons (Fsp3) is 0.306. The van der Waals surface area contributed by atoms with Gasteiger partial charge in [0.25, 0.3) is 11.8 Å². The molecule has 4 aromatic rings. The van der Waals surface area contributed by atoms with E-state index in [1.165, 1.54) is 11.9 Å². The highest BCUT2D eigenvalue weighted by molar-refractivity contribution is 6.53. The number of benzene rings is 3. The maximum Gasteiger partial charge on any atom is 0.253 e. The largest absolute Gasteiger partial charge is 0.507 e. The number of para-hydroxylation sites is 2. The Kier molecular flexibility index (Phi) is 6.37. The average molecular weight is 671 g/mol. The van der Waals surface area contributed by atoms with Gasteiger partial charge in [-0.15, -0.1) is 23.2 Å². The number of aromatic hydroxyl groups is 1. The smallest absolute Gasteiger partial charge is 0.253 e. The summed E-state index contributed by atoms with van der Waals surface area (Å²) < 4.78 is 5.88. The number of carbonyl (C=O) groups is 4. The summed E-state index contributed by atoms with van der Waals surface area (Å²) in [4.78, 5) is 58.8. The van der Waals surface area contributed by atoms with E-state index in [4.69, 9.17) is 27.6 Å². The summed E-state index contributed by atoms with van der Waals surface area (Å²) in [6.07, 6.45) is 2.07. The first kappa shape index (κ1) is 29.9. The first-order chi connectivity index (χ1) is 22.4. The van der Waals surface area contributed by atoms with Crippen molar-refractivity contribution in [1.29, 1.82) is 0 Å². The molecule has 9 nitrogen and oxygen atoms in total. The molecule has 1 N–H and O–H groups in total. The van der Waals surface area contributed by atoms with Gasteiger partial charge in [0.05, 0.1) is 17.5 Å². The Labute approximate surface area is 279 Å². The van der Waals surface area contributed by atoms with E-state index in [0.717, 1.165) is 10.4 Å². The lowest BCUT2D eigenvalue weighted by atomic mass is 9.56. The number of rotatable bonds is 3. The monoisotopic (exact) mass is 669 g/mol. The van der Waals surface area contributed by atoms with Gasteiger partial charge in [-0.3, -0.25) is 29.0 Å².